The second kappa shape index (κ2) is 9.80. The van der Waals surface area contributed by atoms with E-state index in [0.29, 0.717) is 17.1 Å². The molecule has 1 heterocycles. The van der Waals surface area contributed by atoms with Crippen LogP contribution in [0.15, 0.2) is 71.9 Å². The Labute approximate surface area is 180 Å². The lowest BCUT2D eigenvalue weighted by molar-refractivity contribution is 0.0953. The second-order valence-electron chi connectivity index (χ2n) is 6.59. The zero-order chi connectivity index (χ0) is 21.6. The lowest BCUT2D eigenvalue weighted by Crippen LogP contribution is -2.28. The molecule has 0 fully saturated rings. The molecule has 7 nitrogen and oxygen atoms in total. The molecule has 156 valence electrons. The number of rotatable bonds is 8. The number of carbonyl (C=O) groups excluding carboxylic acids is 1. The van der Waals surface area contributed by atoms with Crippen LogP contribution in [0, 0.1) is 0 Å². The molecule has 0 aliphatic carbocycles. The Kier molecular flexibility index (Phi) is 7.15. The van der Waals surface area contributed by atoms with E-state index in [1.165, 1.54) is 43.7 Å². The highest BCUT2D eigenvalue weighted by atomic mass is 35.5. The Morgan fingerprint density at radius 2 is 1.67 bits per heavy atom. The Bertz CT molecular complexity index is 1090. The van der Waals surface area contributed by atoms with Gasteiger partial charge in [-0.05, 0) is 36.2 Å². The zero-order valence-electron chi connectivity index (χ0n) is 16.3. The van der Waals surface area contributed by atoms with Crippen LogP contribution in [-0.2, 0) is 23.0 Å². The highest BCUT2D eigenvalue weighted by Gasteiger charge is 2.21. The van der Waals surface area contributed by atoms with Gasteiger partial charge in [-0.3, -0.25) is 4.79 Å². The third-order valence-corrected chi connectivity index (χ3v) is 6.47. The molecular weight excluding hydrogens is 424 g/mol. The van der Waals surface area contributed by atoms with E-state index in [1.54, 1.807) is 0 Å². The molecule has 1 aromatic heterocycles. The summed E-state index contributed by atoms with van der Waals surface area (Å²) in [7, 11) is -2.26. The minimum atomic E-state index is -3.70. The van der Waals surface area contributed by atoms with Crippen molar-refractivity contribution in [2.45, 2.75) is 17.9 Å². The van der Waals surface area contributed by atoms with Gasteiger partial charge in [0.25, 0.3) is 5.91 Å². The molecule has 3 rings (SSSR count). The standard InChI is InChI=1S/C21H21ClN4O3S/c1-26(30(28,29)19-9-7-18(22)8-10-19)15-20-24-13-17(14-25-20)21(27)23-12-11-16-5-3-2-4-6-16/h2-10,13-14H,11-12,15H2,1H3,(H,23,27). The Morgan fingerprint density at radius 3 is 2.30 bits per heavy atom. The third kappa shape index (κ3) is 5.63. The van der Waals surface area contributed by atoms with Gasteiger partial charge < -0.3 is 5.32 Å². The van der Waals surface area contributed by atoms with Crippen molar-refractivity contribution in [1.29, 1.82) is 0 Å². The lowest BCUT2D eigenvalue weighted by atomic mass is 10.1. The van der Waals surface area contributed by atoms with E-state index >= 15 is 0 Å². The summed E-state index contributed by atoms with van der Waals surface area (Å²) < 4.78 is 26.4. The van der Waals surface area contributed by atoms with E-state index in [-0.39, 0.29) is 23.2 Å². The fourth-order valence-corrected chi connectivity index (χ4v) is 3.94. The van der Waals surface area contributed by atoms with Crippen molar-refractivity contribution < 1.29 is 13.2 Å². The SMILES string of the molecule is CN(Cc1ncc(C(=O)NCCc2ccccc2)cn1)S(=O)(=O)c1ccc(Cl)cc1. The zero-order valence-corrected chi connectivity index (χ0v) is 17.9. The number of sulfonamides is 1. The number of hydrogen-bond acceptors (Lipinski definition) is 5. The minimum Gasteiger partial charge on any atom is -0.352 e. The van der Waals surface area contributed by atoms with Gasteiger partial charge in [0.05, 0.1) is 17.0 Å². The lowest BCUT2D eigenvalue weighted by Gasteiger charge is -2.16. The molecule has 9 heteroatoms. The van der Waals surface area contributed by atoms with Crippen molar-refractivity contribution in [2.24, 2.45) is 0 Å². The molecule has 30 heavy (non-hydrogen) atoms. The fourth-order valence-electron chi connectivity index (χ4n) is 2.69. The first kappa shape index (κ1) is 21.9. The van der Waals surface area contributed by atoms with Gasteiger partial charge in [0.1, 0.15) is 5.82 Å². The van der Waals surface area contributed by atoms with Crippen molar-refractivity contribution in [3.8, 4) is 0 Å². The number of nitrogens with zero attached hydrogens (tertiary/aromatic N) is 3. The van der Waals surface area contributed by atoms with Crippen molar-refractivity contribution in [2.75, 3.05) is 13.6 Å². The number of hydrogen-bond donors (Lipinski definition) is 1. The maximum Gasteiger partial charge on any atom is 0.254 e. The molecule has 1 amide bonds. The summed E-state index contributed by atoms with van der Waals surface area (Å²) in [5.41, 5.74) is 1.45. The van der Waals surface area contributed by atoms with Gasteiger partial charge in [0, 0.05) is 31.0 Å². The van der Waals surface area contributed by atoms with Crippen LogP contribution in [0.3, 0.4) is 0 Å². The molecule has 0 saturated carbocycles. The first-order valence-corrected chi connectivity index (χ1v) is 11.0. The summed E-state index contributed by atoms with van der Waals surface area (Å²) in [5.74, 6) is 0.00972. The van der Waals surface area contributed by atoms with Crippen LogP contribution in [0.1, 0.15) is 21.7 Å². The summed E-state index contributed by atoms with van der Waals surface area (Å²) in [6.45, 7) is 0.466. The molecule has 1 N–H and O–H groups in total. The van der Waals surface area contributed by atoms with E-state index in [4.69, 9.17) is 11.6 Å². The number of amides is 1. The fraction of sp³-hybridized carbons (Fsp3) is 0.190. The van der Waals surface area contributed by atoms with Crippen LogP contribution in [0.25, 0.3) is 0 Å². The number of halogens is 1. The average Bonchev–Trinajstić information content (AvgIpc) is 2.75. The molecule has 0 bridgehead atoms. The molecule has 0 unspecified atom stereocenters. The van der Waals surface area contributed by atoms with Crippen molar-refractivity contribution in [1.82, 2.24) is 19.6 Å². The van der Waals surface area contributed by atoms with Gasteiger partial charge in [-0.1, -0.05) is 41.9 Å². The summed E-state index contributed by atoms with van der Waals surface area (Å²) >= 11 is 5.81. The van der Waals surface area contributed by atoms with Crippen LogP contribution in [0.5, 0.6) is 0 Å². The van der Waals surface area contributed by atoms with Gasteiger partial charge in [0.15, 0.2) is 0 Å². The highest BCUT2D eigenvalue weighted by molar-refractivity contribution is 7.89. The molecular formula is C21H21ClN4O3S. The van der Waals surface area contributed by atoms with E-state index in [2.05, 4.69) is 15.3 Å². The average molecular weight is 445 g/mol. The molecule has 2 aromatic carbocycles. The van der Waals surface area contributed by atoms with E-state index in [9.17, 15) is 13.2 Å². The van der Waals surface area contributed by atoms with Crippen molar-refractivity contribution in [3.05, 3.63) is 89.0 Å². The number of carbonyl (C=O) groups is 1. The highest BCUT2D eigenvalue weighted by Crippen LogP contribution is 2.18. The van der Waals surface area contributed by atoms with Gasteiger partial charge >= 0.3 is 0 Å². The van der Waals surface area contributed by atoms with E-state index in [0.717, 1.165) is 16.3 Å². The van der Waals surface area contributed by atoms with Crippen LogP contribution in [-0.4, -0.2) is 42.2 Å². The van der Waals surface area contributed by atoms with Crippen LogP contribution >= 0.6 is 11.6 Å². The summed E-state index contributed by atoms with van der Waals surface area (Å²) in [6, 6.07) is 15.8. The van der Waals surface area contributed by atoms with E-state index < -0.39 is 10.0 Å². The predicted molar refractivity (Wildman–Crippen MR) is 115 cm³/mol. The normalized spacial score (nSPS) is 11.4. The molecule has 0 aliphatic heterocycles. The first-order valence-electron chi connectivity index (χ1n) is 9.21. The minimum absolute atomic E-state index is 0.0269. The number of aromatic nitrogens is 2. The largest absolute Gasteiger partial charge is 0.352 e. The number of nitrogens with one attached hydrogen (secondary N) is 1. The smallest absolute Gasteiger partial charge is 0.254 e. The van der Waals surface area contributed by atoms with Gasteiger partial charge in [-0.25, -0.2) is 18.4 Å². The Hall–Kier alpha value is -2.81. The first-order chi connectivity index (χ1) is 14.4. The van der Waals surface area contributed by atoms with Crippen LogP contribution in [0.4, 0.5) is 0 Å². The maximum absolute atomic E-state index is 12.6. The van der Waals surface area contributed by atoms with Gasteiger partial charge in [-0.2, -0.15) is 4.31 Å². The Morgan fingerprint density at radius 1 is 1.03 bits per heavy atom. The molecule has 0 aliphatic rings. The molecule has 3 aromatic rings. The quantitative estimate of drug-likeness (QED) is 0.576. The summed E-state index contributed by atoms with van der Waals surface area (Å²) in [6.07, 6.45) is 3.50. The maximum atomic E-state index is 12.6. The predicted octanol–water partition coefficient (Wildman–Crippen LogP) is 2.92. The molecule has 0 saturated heterocycles. The van der Waals surface area contributed by atoms with Gasteiger partial charge in [0.2, 0.25) is 10.0 Å². The Balaban J connectivity index is 1.57. The van der Waals surface area contributed by atoms with Crippen LogP contribution in [0.2, 0.25) is 5.02 Å². The number of benzene rings is 2. The summed E-state index contributed by atoms with van der Waals surface area (Å²) in [4.78, 5) is 20.6. The monoisotopic (exact) mass is 444 g/mol. The topological polar surface area (TPSA) is 92.3 Å². The molecule has 0 spiro atoms. The van der Waals surface area contributed by atoms with Crippen LogP contribution < -0.4 is 5.32 Å². The second-order valence-corrected chi connectivity index (χ2v) is 9.08. The van der Waals surface area contributed by atoms with Crippen molar-refractivity contribution in [3.63, 3.8) is 0 Å². The summed E-state index contributed by atoms with van der Waals surface area (Å²) in [5, 5.41) is 3.28. The van der Waals surface area contributed by atoms with Gasteiger partial charge in [-0.15, -0.1) is 0 Å². The molecule has 0 atom stereocenters. The molecule has 0 radical (unpaired) electrons. The van der Waals surface area contributed by atoms with E-state index in [1.807, 2.05) is 30.3 Å². The third-order valence-electron chi connectivity index (χ3n) is 4.40. The van der Waals surface area contributed by atoms with Crippen molar-refractivity contribution >= 4 is 27.5 Å².